The minimum atomic E-state index is 0.0415. The second-order valence-electron chi connectivity index (χ2n) is 4.02. The minimum absolute atomic E-state index is 0.0415. The third kappa shape index (κ3) is 2.09. The SMILES string of the molecule is N/C(=N/N=C\c1c[nH]c2ccccc12)c1nonc1N. The third-order valence-electron chi connectivity index (χ3n) is 2.74. The van der Waals surface area contributed by atoms with Crippen molar-refractivity contribution in [1.82, 2.24) is 15.3 Å². The Morgan fingerprint density at radius 1 is 1.30 bits per heavy atom. The van der Waals surface area contributed by atoms with Crippen molar-refractivity contribution in [3.63, 3.8) is 0 Å². The summed E-state index contributed by atoms with van der Waals surface area (Å²) in [6, 6.07) is 7.87. The van der Waals surface area contributed by atoms with Crippen molar-refractivity contribution < 1.29 is 4.63 Å². The number of nitrogens with one attached hydrogen (secondary N) is 1. The van der Waals surface area contributed by atoms with Gasteiger partial charge in [0.25, 0.3) is 0 Å². The predicted octanol–water partition coefficient (Wildman–Crippen LogP) is 0.873. The summed E-state index contributed by atoms with van der Waals surface area (Å²) in [7, 11) is 0. The maximum absolute atomic E-state index is 5.68. The summed E-state index contributed by atoms with van der Waals surface area (Å²) in [6.07, 6.45) is 3.43. The van der Waals surface area contributed by atoms with Crippen LogP contribution in [0.4, 0.5) is 5.82 Å². The lowest BCUT2D eigenvalue weighted by molar-refractivity contribution is 0.308. The van der Waals surface area contributed by atoms with E-state index in [1.807, 2.05) is 30.5 Å². The second-order valence-corrected chi connectivity index (χ2v) is 4.02. The number of nitrogen functional groups attached to an aromatic ring is 1. The van der Waals surface area contributed by atoms with Gasteiger partial charge in [-0.25, -0.2) is 4.63 Å². The Morgan fingerprint density at radius 2 is 2.15 bits per heavy atom. The first-order valence-corrected chi connectivity index (χ1v) is 5.76. The van der Waals surface area contributed by atoms with Crippen LogP contribution in [0.25, 0.3) is 10.9 Å². The molecule has 0 bridgehead atoms. The van der Waals surface area contributed by atoms with Crippen LogP contribution in [-0.4, -0.2) is 27.3 Å². The monoisotopic (exact) mass is 269 g/mol. The highest BCUT2D eigenvalue weighted by atomic mass is 16.6. The van der Waals surface area contributed by atoms with E-state index < -0.39 is 0 Å². The number of amidine groups is 1. The highest BCUT2D eigenvalue weighted by Crippen LogP contribution is 2.15. The van der Waals surface area contributed by atoms with Gasteiger partial charge in [0.1, 0.15) is 0 Å². The number of rotatable bonds is 3. The van der Waals surface area contributed by atoms with Crippen molar-refractivity contribution in [3.05, 3.63) is 41.7 Å². The number of anilines is 1. The average Bonchev–Trinajstić information content (AvgIpc) is 3.05. The average molecular weight is 269 g/mol. The van der Waals surface area contributed by atoms with Gasteiger partial charge in [0.2, 0.25) is 0 Å². The smallest absolute Gasteiger partial charge is 0.199 e. The van der Waals surface area contributed by atoms with Gasteiger partial charge >= 0.3 is 0 Å². The molecule has 8 nitrogen and oxygen atoms in total. The van der Waals surface area contributed by atoms with Gasteiger partial charge in [0, 0.05) is 22.7 Å². The second kappa shape index (κ2) is 4.84. The molecule has 5 N–H and O–H groups in total. The summed E-state index contributed by atoms with van der Waals surface area (Å²) >= 11 is 0. The fraction of sp³-hybridized carbons (Fsp3) is 0. The minimum Gasteiger partial charge on any atom is -0.380 e. The lowest BCUT2D eigenvalue weighted by atomic mass is 10.2. The Labute approximate surface area is 113 Å². The molecule has 20 heavy (non-hydrogen) atoms. The largest absolute Gasteiger partial charge is 0.380 e. The molecule has 1 aromatic carbocycles. The molecule has 100 valence electrons. The zero-order chi connectivity index (χ0) is 13.9. The van der Waals surface area contributed by atoms with E-state index >= 15 is 0 Å². The van der Waals surface area contributed by atoms with E-state index in [0.29, 0.717) is 0 Å². The Morgan fingerprint density at radius 3 is 2.95 bits per heavy atom. The molecule has 2 aromatic heterocycles. The molecule has 0 saturated carbocycles. The molecule has 0 unspecified atom stereocenters. The van der Waals surface area contributed by atoms with Crippen molar-refractivity contribution in [2.75, 3.05) is 5.73 Å². The van der Waals surface area contributed by atoms with Gasteiger partial charge in [-0.05, 0) is 16.4 Å². The molecule has 0 aliphatic heterocycles. The highest BCUT2D eigenvalue weighted by Gasteiger charge is 2.09. The number of fused-ring (bicyclic) bond motifs is 1. The zero-order valence-electron chi connectivity index (χ0n) is 10.3. The third-order valence-corrected chi connectivity index (χ3v) is 2.74. The van der Waals surface area contributed by atoms with Crippen molar-refractivity contribution in [1.29, 1.82) is 0 Å². The summed E-state index contributed by atoms with van der Waals surface area (Å²) < 4.78 is 4.43. The number of hydrogen-bond acceptors (Lipinski definition) is 6. The molecule has 0 aliphatic carbocycles. The molecule has 0 spiro atoms. The van der Waals surface area contributed by atoms with E-state index in [9.17, 15) is 0 Å². The van der Waals surface area contributed by atoms with Crippen molar-refractivity contribution in [2.24, 2.45) is 15.9 Å². The van der Waals surface area contributed by atoms with E-state index in [-0.39, 0.29) is 17.3 Å². The van der Waals surface area contributed by atoms with Crippen LogP contribution in [0, 0.1) is 0 Å². The zero-order valence-corrected chi connectivity index (χ0v) is 10.3. The number of nitrogens with two attached hydrogens (primary N) is 2. The van der Waals surface area contributed by atoms with E-state index in [0.717, 1.165) is 16.5 Å². The molecular weight excluding hydrogens is 258 g/mol. The molecular formula is C12H11N7O. The van der Waals surface area contributed by atoms with Gasteiger partial charge in [-0.1, -0.05) is 18.2 Å². The van der Waals surface area contributed by atoms with Crippen LogP contribution < -0.4 is 11.5 Å². The normalized spacial score (nSPS) is 12.5. The molecule has 0 radical (unpaired) electrons. The molecule has 8 heteroatoms. The van der Waals surface area contributed by atoms with Crippen LogP contribution in [0.2, 0.25) is 0 Å². The molecule has 0 fully saturated rings. The van der Waals surface area contributed by atoms with E-state index in [1.54, 1.807) is 6.21 Å². The summed E-state index contributed by atoms with van der Waals surface area (Å²) in [5.74, 6) is 0.119. The number of benzene rings is 1. The Hall–Kier alpha value is -3.16. The number of aromatic nitrogens is 3. The Balaban J connectivity index is 1.86. The van der Waals surface area contributed by atoms with Gasteiger partial charge in [-0.2, -0.15) is 5.10 Å². The lowest BCUT2D eigenvalue weighted by Crippen LogP contribution is -2.15. The standard InChI is InChI=1S/C12H11N7O/c13-11(10-12(14)19-20-18-10)17-16-6-7-5-15-9-4-2-1-3-8(7)9/h1-6,15H,(H2,13,17)(H2,14,19)/b16-6-. The lowest BCUT2D eigenvalue weighted by Gasteiger charge is -1.91. The Kier molecular flexibility index (Phi) is 2.88. The van der Waals surface area contributed by atoms with Crippen molar-refractivity contribution >= 4 is 28.8 Å². The van der Waals surface area contributed by atoms with Gasteiger partial charge < -0.3 is 16.5 Å². The number of para-hydroxylation sites is 1. The van der Waals surface area contributed by atoms with Crippen LogP contribution in [0.5, 0.6) is 0 Å². The van der Waals surface area contributed by atoms with E-state index in [4.69, 9.17) is 11.5 Å². The quantitative estimate of drug-likeness (QED) is 0.369. The molecule has 3 aromatic rings. The van der Waals surface area contributed by atoms with Gasteiger partial charge in [0.15, 0.2) is 17.3 Å². The number of hydrogen-bond donors (Lipinski definition) is 3. The van der Waals surface area contributed by atoms with Gasteiger partial charge in [-0.3, -0.25) is 0 Å². The van der Waals surface area contributed by atoms with Crippen molar-refractivity contribution in [2.45, 2.75) is 0 Å². The van der Waals surface area contributed by atoms with Gasteiger partial charge in [0.05, 0.1) is 6.21 Å². The predicted molar refractivity (Wildman–Crippen MR) is 75.3 cm³/mol. The fourth-order valence-electron chi connectivity index (χ4n) is 1.77. The maximum Gasteiger partial charge on any atom is 0.199 e. The first kappa shape index (κ1) is 11.9. The van der Waals surface area contributed by atoms with E-state index in [2.05, 4.69) is 30.1 Å². The van der Waals surface area contributed by atoms with Gasteiger partial charge in [-0.15, -0.1) is 5.10 Å². The molecule has 3 rings (SSSR count). The van der Waals surface area contributed by atoms with Crippen LogP contribution >= 0.6 is 0 Å². The first-order valence-electron chi connectivity index (χ1n) is 5.76. The first-order chi connectivity index (χ1) is 9.75. The summed E-state index contributed by atoms with van der Waals surface area (Å²) in [4.78, 5) is 3.13. The topological polar surface area (TPSA) is 131 Å². The van der Waals surface area contributed by atoms with Crippen LogP contribution in [0.15, 0.2) is 45.3 Å². The number of aromatic amines is 1. The van der Waals surface area contributed by atoms with Crippen LogP contribution in [-0.2, 0) is 0 Å². The van der Waals surface area contributed by atoms with E-state index in [1.165, 1.54) is 0 Å². The number of nitrogens with zero attached hydrogens (tertiary/aromatic N) is 4. The maximum atomic E-state index is 5.68. The van der Waals surface area contributed by atoms with Crippen LogP contribution in [0.3, 0.4) is 0 Å². The van der Waals surface area contributed by atoms with Crippen LogP contribution in [0.1, 0.15) is 11.3 Å². The number of H-pyrrole nitrogens is 1. The molecule has 0 aliphatic rings. The molecule has 0 amide bonds. The molecule has 0 atom stereocenters. The fourth-order valence-corrected chi connectivity index (χ4v) is 1.77. The van der Waals surface area contributed by atoms with Crippen molar-refractivity contribution in [3.8, 4) is 0 Å². The molecule has 0 saturated heterocycles. The summed E-state index contributed by atoms with van der Waals surface area (Å²) in [5, 5.41) is 15.7. The molecule has 2 heterocycles. The summed E-state index contributed by atoms with van der Waals surface area (Å²) in [6.45, 7) is 0. The highest BCUT2D eigenvalue weighted by molar-refractivity contribution is 6.01. The summed E-state index contributed by atoms with van der Waals surface area (Å²) in [5.41, 5.74) is 13.3. The Bertz CT molecular complexity index is 799.